The molecular formula is C51H31N3O. The van der Waals surface area contributed by atoms with Crippen molar-refractivity contribution in [3.63, 3.8) is 0 Å². The quantitative estimate of drug-likeness (QED) is 0.168. The summed E-state index contributed by atoms with van der Waals surface area (Å²) in [5, 5.41) is 9.32. The summed E-state index contributed by atoms with van der Waals surface area (Å²) in [6.07, 6.45) is 0. The summed E-state index contributed by atoms with van der Waals surface area (Å²) in [4.78, 5) is 15.8. The van der Waals surface area contributed by atoms with Gasteiger partial charge in [0, 0.05) is 33.0 Å². The lowest BCUT2D eigenvalue weighted by Gasteiger charge is -2.16. The Kier molecular flexibility index (Phi) is 7.14. The first-order valence-electron chi connectivity index (χ1n) is 18.5. The molecule has 11 aromatic rings. The topological polar surface area (TPSA) is 51.8 Å². The predicted molar refractivity (Wildman–Crippen MR) is 227 cm³/mol. The van der Waals surface area contributed by atoms with Crippen LogP contribution in [-0.4, -0.2) is 15.0 Å². The summed E-state index contributed by atoms with van der Waals surface area (Å²) < 4.78 is 6.64. The van der Waals surface area contributed by atoms with Crippen molar-refractivity contribution in [3.05, 3.63) is 188 Å². The van der Waals surface area contributed by atoms with Crippen molar-refractivity contribution in [1.82, 2.24) is 15.0 Å². The average molecular weight is 702 g/mol. The Labute approximate surface area is 317 Å². The van der Waals surface area contributed by atoms with Crippen molar-refractivity contribution < 1.29 is 4.42 Å². The summed E-state index contributed by atoms with van der Waals surface area (Å²) in [7, 11) is 0. The molecule has 0 unspecified atom stereocenters. The fourth-order valence-corrected chi connectivity index (χ4v) is 8.21. The van der Waals surface area contributed by atoms with Crippen LogP contribution >= 0.6 is 0 Å². The molecule has 0 bridgehead atoms. The standard InChI is InChI=1S/C51H31N3O/c1-3-14-32(15-4-1)37-30-31-44(47-43-23-11-12-25-45(43)55-48(37)47)51-53-49(35-17-5-2-6-18-35)52-50(54-51)42-22-10-9-21-38(42)40-24-13-19-34-27-28-39-36-20-8-7-16-33(36)26-29-41(39)46(34)40/h1-31H. The fraction of sp³-hybridized carbons (Fsp3) is 0. The molecule has 0 aliphatic heterocycles. The second-order valence-corrected chi connectivity index (χ2v) is 13.9. The van der Waals surface area contributed by atoms with E-state index in [-0.39, 0.29) is 0 Å². The molecule has 0 aliphatic rings. The molecule has 0 radical (unpaired) electrons. The molecule has 0 saturated heterocycles. The molecule has 0 atom stereocenters. The SMILES string of the molecule is c1ccc(-c2nc(-c3ccccc3-c3cccc4ccc5c6ccccc6ccc5c34)nc(-c3ccc(-c4ccccc4)c4oc5ccccc5c34)n2)cc1. The van der Waals surface area contributed by atoms with Gasteiger partial charge in [0.1, 0.15) is 11.2 Å². The number of rotatable bonds is 5. The minimum Gasteiger partial charge on any atom is -0.455 e. The molecule has 0 saturated carbocycles. The summed E-state index contributed by atoms with van der Waals surface area (Å²) in [5.74, 6) is 1.80. The van der Waals surface area contributed by atoms with Gasteiger partial charge in [-0.15, -0.1) is 0 Å². The molecule has 256 valence electrons. The fourth-order valence-electron chi connectivity index (χ4n) is 8.21. The van der Waals surface area contributed by atoms with E-state index in [2.05, 4.69) is 152 Å². The Hall–Kier alpha value is -7.43. The van der Waals surface area contributed by atoms with Crippen molar-refractivity contribution >= 4 is 54.3 Å². The number of furan rings is 1. The van der Waals surface area contributed by atoms with Crippen LogP contribution in [0.3, 0.4) is 0 Å². The van der Waals surface area contributed by atoms with Gasteiger partial charge >= 0.3 is 0 Å². The van der Waals surface area contributed by atoms with Crippen molar-refractivity contribution in [2.75, 3.05) is 0 Å². The minimum atomic E-state index is 0.588. The van der Waals surface area contributed by atoms with Crippen molar-refractivity contribution in [3.8, 4) is 56.4 Å². The third-order valence-electron chi connectivity index (χ3n) is 10.7. The van der Waals surface area contributed by atoms with Gasteiger partial charge in [-0.3, -0.25) is 0 Å². The first-order chi connectivity index (χ1) is 27.3. The zero-order valence-corrected chi connectivity index (χ0v) is 29.6. The molecule has 2 heterocycles. The molecule has 4 heteroatoms. The van der Waals surface area contributed by atoms with Gasteiger partial charge in [0.25, 0.3) is 0 Å². The number of fused-ring (bicyclic) bond motifs is 8. The molecule has 0 spiro atoms. The molecule has 0 N–H and O–H groups in total. The van der Waals surface area contributed by atoms with Gasteiger partial charge in [-0.2, -0.15) is 0 Å². The first kappa shape index (κ1) is 31.1. The summed E-state index contributed by atoms with van der Waals surface area (Å²) in [5.41, 5.74) is 8.67. The molecule has 0 aliphatic carbocycles. The molecule has 55 heavy (non-hydrogen) atoms. The maximum Gasteiger partial charge on any atom is 0.164 e. The van der Waals surface area contributed by atoms with E-state index in [1.165, 1.54) is 32.3 Å². The van der Waals surface area contributed by atoms with Crippen LogP contribution in [-0.2, 0) is 0 Å². The van der Waals surface area contributed by atoms with Crippen LogP contribution < -0.4 is 0 Å². The van der Waals surface area contributed by atoms with Gasteiger partial charge < -0.3 is 4.42 Å². The summed E-state index contributed by atoms with van der Waals surface area (Å²) in [6, 6.07) is 65.6. The van der Waals surface area contributed by atoms with Crippen LogP contribution in [0.25, 0.3) is 111 Å². The van der Waals surface area contributed by atoms with E-state index in [4.69, 9.17) is 19.4 Å². The monoisotopic (exact) mass is 701 g/mol. The van der Waals surface area contributed by atoms with E-state index in [9.17, 15) is 0 Å². The third kappa shape index (κ3) is 5.11. The Morgan fingerprint density at radius 2 is 0.873 bits per heavy atom. The van der Waals surface area contributed by atoms with E-state index in [0.29, 0.717) is 17.5 Å². The van der Waals surface area contributed by atoms with Crippen molar-refractivity contribution in [1.29, 1.82) is 0 Å². The Morgan fingerprint density at radius 3 is 1.71 bits per heavy atom. The number of para-hydroxylation sites is 1. The molecule has 2 aromatic heterocycles. The van der Waals surface area contributed by atoms with Gasteiger partial charge in [-0.1, -0.05) is 170 Å². The van der Waals surface area contributed by atoms with Gasteiger partial charge in [0.15, 0.2) is 17.5 Å². The number of hydrogen-bond acceptors (Lipinski definition) is 4. The highest BCUT2D eigenvalue weighted by atomic mass is 16.3. The van der Waals surface area contributed by atoms with E-state index in [1.54, 1.807) is 0 Å². The Bertz CT molecular complexity index is 3260. The second-order valence-electron chi connectivity index (χ2n) is 13.9. The normalized spacial score (nSPS) is 11.6. The maximum absolute atomic E-state index is 6.64. The lowest BCUT2D eigenvalue weighted by molar-refractivity contribution is 0.670. The van der Waals surface area contributed by atoms with Gasteiger partial charge in [-0.25, -0.2) is 15.0 Å². The zero-order chi connectivity index (χ0) is 36.3. The smallest absolute Gasteiger partial charge is 0.164 e. The lowest BCUT2D eigenvalue weighted by atomic mass is 9.90. The molecule has 0 fully saturated rings. The first-order valence-corrected chi connectivity index (χ1v) is 18.5. The summed E-state index contributed by atoms with van der Waals surface area (Å²) in [6.45, 7) is 0. The number of hydrogen-bond donors (Lipinski definition) is 0. The molecule has 9 aromatic carbocycles. The summed E-state index contributed by atoms with van der Waals surface area (Å²) >= 11 is 0. The zero-order valence-electron chi connectivity index (χ0n) is 29.6. The number of aromatic nitrogens is 3. The average Bonchev–Trinajstić information content (AvgIpc) is 3.66. The molecule has 0 amide bonds. The molecular weight excluding hydrogens is 671 g/mol. The van der Waals surface area contributed by atoms with Gasteiger partial charge in [0.2, 0.25) is 0 Å². The highest BCUT2D eigenvalue weighted by Gasteiger charge is 2.22. The van der Waals surface area contributed by atoms with Crippen LogP contribution in [0, 0.1) is 0 Å². The molecule has 4 nitrogen and oxygen atoms in total. The van der Waals surface area contributed by atoms with E-state index in [0.717, 1.165) is 60.9 Å². The third-order valence-corrected chi connectivity index (χ3v) is 10.7. The molecule has 11 rings (SSSR count). The van der Waals surface area contributed by atoms with E-state index >= 15 is 0 Å². The van der Waals surface area contributed by atoms with Gasteiger partial charge in [-0.05, 0) is 67.2 Å². The van der Waals surface area contributed by atoms with Crippen molar-refractivity contribution in [2.45, 2.75) is 0 Å². The van der Waals surface area contributed by atoms with E-state index < -0.39 is 0 Å². The van der Waals surface area contributed by atoms with Crippen molar-refractivity contribution in [2.24, 2.45) is 0 Å². The predicted octanol–water partition coefficient (Wildman–Crippen LogP) is 13.6. The van der Waals surface area contributed by atoms with Crippen LogP contribution in [0.5, 0.6) is 0 Å². The Morgan fingerprint density at radius 1 is 0.291 bits per heavy atom. The van der Waals surface area contributed by atoms with Crippen LogP contribution in [0.2, 0.25) is 0 Å². The Balaban J connectivity index is 1.18. The van der Waals surface area contributed by atoms with Crippen LogP contribution in [0.4, 0.5) is 0 Å². The highest BCUT2D eigenvalue weighted by molar-refractivity contribution is 6.21. The largest absolute Gasteiger partial charge is 0.455 e. The highest BCUT2D eigenvalue weighted by Crippen LogP contribution is 2.43. The van der Waals surface area contributed by atoms with E-state index in [1.807, 2.05) is 36.4 Å². The number of benzene rings is 9. The van der Waals surface area contributed by atoms with Crippen LogP contribution in [0.15, 0.2) is 192 Å². The maximum atomic E-state index is 6.64. The van der Waals surface area contributed by atoms with Crippen LogP contribution in [0.1, 0.15) is 0 Å². The van der Waals surface area contributed by atoms with Gasteiger partial charge in [0.05, 0.1) is 0 Å². The minimum absolute atomic E-state index is 0.588. The second kappa shape index (κ2) is 12.6. The lowest BCUT2D eigenvalue weighted by Crippen LogP contribution is -2.01. The number of nitrogens with zero attached hydrogens (tertiary/aromatic N) is 3.